The maximum Gasteiger partial charge on any atom is 0.409 e. The van der Waals surface area contributed by atoms with Crippen LogP contribution in [0.25, 0.3) is 0 Å². The Morgan fingerprint density at radius 3 is 2.19 bits per heavy atom. The number of rotatable bonds is 3. The van der Waals surface area contributed by atoms with E-state index in [1.54, 1.807) is 4.90 Å². The third-order valence-corrected chi connectivity index (χ3v) is 4.72. The van der Waals surface area contributed by atoms with Crippen LogP contribution >= 0.6 is 0 Å². The van der Waals surface area contributed by atoms with Crippen LogP contribution in [0.5, 0.6) is 0 Å². The normalized spacial score (nSPS) is 14.7. The lowest BCUT2D eigenvalue weighted by molar-refractivity contribution is -0.136. The van der Waals surface area contributed by atoms with Gasteiger partial charge in [-0.05, 0) is 50.7 Å². The van der Waals surface area contributed by atoms with Crippen LogP contribution in [0.15, 0.2) is 12.1 Å². The average molecular weight is 361 g/mol. The maximum atomic E-state index is 12.2. The molecule has 1 saturated heterocycles. The number of hydrogen-bond donors (Lipinski definition) is 2. The fourth-order valence-corrected chi connectivity index (χ4v) is 3.31. The first kappa shape index (κ1) is 19.8. The molecule has 2 N–H and O–H groups in total. The van der Waals surface area contributed by atoms with Crippen molar-refractivity contribution < 1.29 is 19.1 Å². The van der Waals surface area contributed by atoms with E-state index in [1.165, 1.54) is 7.11 Å². The Kier molecular flexibility index (Phi) is 6.60. The number of nitrogens with zero attached hydrogens (tertiary/aromatic N) is 1. The zero-order valence-electron chi connectivity index (χ0n) is 15.8. The fourth-order valence-electron chi connectivity index (χ4n) is 3.31. The summed E-state index contributed by atoms with van der Waals surface area (Å²) in [6, 6.07) is 3.94. The second-order valence-electron chi connectivity index (χ2n) is 6.84. The largest absolute Gasteiger partial charge is 0.453 e. The van der Waals surface area contributed by atoms with Crippen molar-refractivity contribution in [3.63, 3.8) is 0 Å². The van der Waals surface area contributed by atoms with E-state index in [1.807, 2.05) is 32.9 Å². The highest BCUT2D eigenvalue weighted by molar-refractivity contribution is 6.39. The third-order valence-electron chi connectivity index (χ3n) is 4.72. The number of amides is 3. The van der Waals surface area contributed by atoms with Gasteiger partial charge in [-0.1, -0.05) is 17.7 Å². The molecule has 1 aliphatic heterocycles. The van der Waals surface area contributed by atoms with Crippen molar-refractivity contribution in [2.75, 3.05) is 32.1 Å². The van der Waals surface area contributed by atoms with Crippen LogP contribution in [0.2, 0.25) is 0 Å². The van der Waals surface area contributed by atoms with Crippen LogP contribution in [-0.2, 0) is 14.3 Å². The van der Waals surface area contributed by atoms with E-state index in [2.05, 4.69) is 10.6 Å². The highest BCUT2D eigenvalue weighted by atomic mass is 16.5. The van der Waals surface area contributed by atoms with E-state index in [-0.39, 0.29) is 12.0 Å². The quantitative estimate of drug-likeness (QED) is 0.808. The number of methoxy groups -OCH3 is 1. The SMILES string of the molecule is COC(=O)N1CCC(CNC(=O)C(=O)Nc2c(C)cc(C)cc2C)CC1. The minimum absolute atomic E-state index is 0.246. The number of piperidine rings is 1. The van der Waals surface area contributed by atoms with Crippen molar-refractivity contribution in [2.24, 2.45) is 5.92 Å². The zero-order valence-corrected chi connectivity index (χ0v) is 15.8. The van der Waals surface area contributed by atoms with Gasteiger partial charge in [0.15, 0.2) is 0 Å². The average Bonchev–Trinajstić information content (AvgIpc) is 2.62. The Morgan fingerprint density at radius 1 is 1.08 bits per heavy atom. The van der Waals surface area contributed by atoms with Crippen LogP contribution in [0.1, 0.15) is 29.5 Å². The standard InChI is InChI=1S/C19H27N3O4/c1-12-9-13(2)16(14(3)10-12)21-18(24)17(23)20-11-15-5-7-22(8-6-15)19(25)26-4/h9-10,15H,5-8,11H2,1-4H3,(H,20,23)(H,21,24). The lowest BCUT2D eigenvalue weighted by atomic mass is 9.97. The highest BCUT2D eigenvalue weighted by Gasteiger charge is 2.24. The molecule has 1 aliphatic rings. The van der Waals surface area contributed by atoms with Gasteiger partial charge in [-0.3, -0.25) is 9.59 Å². The van der Waals surface area contributed by atoms with Crippen molar-refractivity contribution in [2.45, 2.75) is 33.6 Å². The predicted molar refractivity (Wildman–Crippen MR) is 99.0 cm³/mol. The molecular weight excluding hydrogens is 334 g/mol. The van der Waals surface area contributed by atoms with E-state index >= 15 is 0 Å². The molecule has 0 aliphatic carbocycles. The van der Waals surface area contributed by atoms with E-state index < -0.39 is 11.8 Å². The first-order chi connectivity index (χ1) is 12.3. The van der Waals surface area contributed by atoms with Gasteiger partial charge in [0.05, 0.1) is 7.11 Å². The van der Waals surface area contributed by atoms with Gasteiger partial charge >= 0.3 is 17.9 Å². The van der Waals surface area contributed by atoms with Crippen molar-refractivity contribution in [3.05, 3.63) is 28.8 Å². The van der Waals surface area contributed by atoms with Gasteiger partial charge in [0.1, 0.15) is 0 Å². The Bertz CT molecular complexity index is 671. The second-order valence-corrected chi connectivity index (χ2v) is 6.84. The van der Waals surface area contributed by atoms with E-state index in [0.29, 0.717) is 25.3 Å². The summed E-state index contributed by atoms with van der Waals surface area (Å²) in [5.74, 6) is -1.05. The Hall–Kier alpha value is -2.57. The number of likely N-dealkylation sites (tertiary alicyclic amines) is 1. The van der Waals surface area contributed by atoms with Gasteiger partial charge in [0, 0.05) is 25.3 Å². The summed E-state index contributed by atoms with van der Waals surface area (Å²) in [7, 11) is 1.37. The third kappa shape index (κ3) is 4.97. The number of anilines is 1. The van der Waals surface area contributed by atoms with Gasteiger partial charge in [0.2, 0.25) is 0 Å². The fraction of sp³-hybridized carbons (Fsp3) is 0.526. The lowest BCUT2D eigenvalue weighted by Crippen LogP contribution is -2.43. The van der Waals surface area contributed by atoms with E-state index in [9.17, 15) is 14.4 Å². The molecule has 0 atom stereocenters. The number of ether oxygens (including phenoxy) is 1. The monoisotopic (exact) mass is 361 g/mol. The molecule has 26 heavy (non-hydrogen) atoms. The molecule has 0 unspecified atom stereocenters. The molecule has 1 heterocycles. The highest BCUT2D eigenvalue weighted by Crippen LogP contribution is 2.22. The minimum atomic E-state index is -0.660. The second kappa shape index (κ2) is 8.69. The van der Waals surface area contributed by atoms with Gasteiger partial charge < -0.3 is 20.3 Å². The summed E-state index contributed by atoms with van der Waals surface area (Å²) in [5, 5.41) is 5.40. The Labute approximate surface area is 154 Å². The summed E-state index contributed by atoms with van der Waals surface area (Å²) in [6.07, 6.45) is 1.22. The minimum Gasteiger partial charge on any atom is -0.453 e. The molecule has 7 heteroatoms. The van der Waals surface area contributed by atoms with Crippen molar-refractivity contribution in [1.29, 1.82) is 0 Å². The van der Waals surface area contributed by atoms with E-state index in [0.717, 1.165) is 29.5 Å². The zero-order chi connectivity index (χ0) is 19.3. The van der Waals surface area contributed by atoms with Crippen LogP contribution in [0, 0.1) is 26.7 Å². The summed E-state index contributed by atoms with van der Waals surface area (Å²) in [4.78, 5) is 37.4. The molecule has 1 aromatic rings. The van der Waals surface area contributed by atoms with Crippen molar-refractivity contribution in [3.8, 4) is 0 Å². The van der Waals surface area contributed by atoms with Crippen LogP contribution < -0.4 is 10.6 Å². The molecule has 142 valence electrons. The summed E-state index contributed by atoms with van der Waals surface area (Å²) >= 11 is 0. The van der Waals surface area contributed by atoms with Crippen LogP contribution in [-0.4, -0.2) is 49.6 Å². The van der Waals surface area contributed by atoms with Gasteiger partial charge in [-0.2, -0.15) is 0 Å². The number of aryl methyl sites for hydroxylation is 3. The molecule has 0 spiro atoms. The molecule has 0 radical (unpaired) electrons. The van der Waals surface area contributed by atoms with Gasteiger partial charge in [0.25, 0.3) is 0 Å². The first-order valence-corrected chi connectivity index (χ1v) is 8.81. The molecule has 1 fully saturated rings. The molecule has 2 rings (SSSR count). The van der Waals surface area contributed by atoms with Crippen LogP contribution in [0.3, 0.4) is 0 Å². The number of benzene rings is 1. The number of nitrogens with one attached hydrogen (secondary N) is 2. The van der Waals surface area contributed by atoms with Crippen LogP contribution in [0.4, 0.5) is 10.5 Å². The Morgan fingerprint density at radius 2 is 1.65 bits per heavy atom. The lowest BCUT2D eigenvalue weighted by Gasteiger charge is -2.30. The smallest absolute Gasteiger partial charge is 0.409 e. The summed E-state index contributed by atoms with van der Waals surface area (Å²) < 4.78 is 4.70. The molecule has 3 amide bonds. The maximum absolute atomic E-state index is 12.2. The topological polar surface area (TPSA) is 87.7 Å². The summed E-state index contributed by atoms with van der Waals surface area (Å²) in [5.41, 5.74) is 3.65. The van der Waals surface area contributed by atoms with Crippen molar-refractivity contribution in [1.82, 2.24) is 10.2 Å². The number of carbonyl (C=O) groups excluding carboxylic acids is 3. The number of carbonyl (C=O) groups is 3. The first-order valence-electron chi connectivity index (χ1n) is 8.81. The van der Waals surface area contributed by atoms with Gasteiger partial charge in [-0.25, -0.2) is 4.79 Å². The molecule has 1 aromatic carbocycles. The van der Waals surface area contributed by atoms with E-state index in [4.69, 9.17) is 4.74 Å². The van der Waals surface area contributed by atoms with Crippen molar-refractivity contribution >= 4 is 23.6 Å². The molecule has 7 nitrogen and oxygen atoms in total. The molecule has 0 aromatic heterocycles. The summed E-state index contributed by atoms with van der Waals surface area (Å²) in [6.45, 7) is 7.42. The molecule has 0 bridgehead atoms. The molecule has 0 saturated carbocycles. The molecular formula is C19H27N3O4. The predicted octanol–water partition coefficient (Wildman–Crippen LogP) is 2.14. The van der Waals surface area contributed by atoms with Gasteiger partial charge in [-0.15, -0.1) is 0 Å². The number of hydrogen-bond acceptors (Lipinski definition) is 4. The Balaban J connectivity index is 1.82.